The number of carbonyl (C=O) groups is 2. The predicted octanol–water partition coefficient (Wildman–Crippen LogP) is 1.88. The predicted molar refractivity (Wildman–Crippen MR) is 65.4 cm³/mol. The van der Waals surface area contributed by atoms with E-state index in [2.05, 4.69) is 12.2 Å². The van der Waals surface area contributed by atoms with Gasteiger partial charge in [0.2, 0.25) is 5.91 Å². The van der Waals surface area contributed by atoms with Crippen molar-refractivity contribution in [1.29, 1.82) is 0 Å². The van der Waals surface area contributed by atoms with Crippen molar-refractivity contribution in [3.05, 3.63) is 0 Å². The second-order valence-corrected chi connectivity index (χ2v) is 5.08. The molecule has 0 aromatic heterocycles. The first kappa shape index (κ1) is 14.0. The molecule has 0 aromatic rings. The molecule has 0 aliphatic carbocycles. The Labute approximate surface area is 103 Å². The van der Waals surface area contributed by atoms with Gasteiger partial charge in [-0.1, -0.05) is 13.8 Å². The van der Waals surface area contributed by atoms with E-state index >= 15 is 0 Å². The Morgan fingerprint density at radius 2 is 1.88 bits per heavy atom. The molecule has 1 rings (SSSR count). The Kier molecular flexibility index (Phi) is 5.45. The fourth-order valence-corrected chi connectivity index (χ4v) is 1.95. The summed E-state index contributed by atoms with van der Waals surface area (Å²) in [6.45, 7) is 6.44. The number of esters is 1. The van der Waals surface area contributed by atoms with Gasteiger partial charge < -0.3 is 10.1 Å². The molecule has 4 nitrogen and oxygen atoms in total. The summed E-state index contributed by atoms with van der Waals surface area (Å²) in [7, 11) is 0. The van der Waals surface area contributed by atoms with Crippen LogP contribution < -0.4 is 5.32 Å². The van der Waals surface area contributed by atoms with Gasteiger partial charge in [-0.2, -0.15) is 0 Å². The van der Waals surface area contributed by atoms with Crippen molar-refractivity contribution < 1.29 is 14.3 Å². The van der Waals surface area contributed by atoms with Crippen LogP contribution in [0.1, 0.15) is 46.5 Å². The molecule has 3 unspecified atom stereocenters. The van der Waals surface area contributed by atoms with Gasteiger partial charge in [0.25, 0.3) is 0 Å². The highest BCUT2D eigenvalue weighted by molar-refractivity contribution is 5.79. The van der Waals surface area contributed by atoms with Crippen LogP contribution in [0.15, 0.2) is 0 Å². The van der Waals surface area contributed by atoms with E-state index in [0.717, 1.165) is 12.8 Å². The standard InChI is InChI=1S/C13H23NO3/c1-9-5-4-8-17-12(15)7-6-10(2)14-13(16)11(9)3/h9-11H,4-8H2,1-3H3,(H,14,16). The van der Waals surface area contributed by atoms with Crippen LogP contribution in [0.25, 0.3) is 0 Å². The molecule has 1 N–H and O–H groups in total. The summed E-state index contributed by atoms with van der Waals surface area (Å²) >= 11 is 0. The molecular formula is C13H23NO3. The zero-order chi connectivity index (χ0) is 12.8. The van der Waals surface area contributed by atoms with Crippen molar-refractivity contribution >= 4 is 11.9 Å². The van der Waals surface area contributed by atoms with Crippen LogP contribution in [-0.4, -0.2) is 24.5 Å². The highest BCUT2D eigenvalue weighted by Gasteiger charge is 2.22. The number of carbonyl (C=O) groups excluding carboxylic acids is 2. The van der Waals surface area contributed by atoms with Gasteiger partial charge >= 0.3 is 5.97 Å². The number of amides is 1. The van der Waals surface area contributed by atoms with Gasteiger partial charge in [0.15, 0.2) is 0 Å². The van der Waals surface area contributed by atoms with Gasteiger partial charge in [0.05, 0.1) is 6.61 Å². The lowest BCUT2D eigenvalue weighted by molar-refractivity contribution is -0.144. The first-order chi connectivity index (χ1) is 8.00. The Morgan fingerprint density at radius 3 is 2.59 bits per heavy atom. The zero-order valence-corrected chi connectivity index (χ0v) is 11.0. The number of hydrogen-bond donors (Lipinski definition) is 1. The lowest BCUT2D eigenvalue weighted by Gasteiger charge is -2.23. The second kappa shape index (κ2) is 6.62. The first-order valence-corrected chi connectivity index (χ1v) is 6.46. The third-order valence-electron chi connectivity index (χ3n) is 3.50. The Balaban J connectivity index is 2.59. The average Bonchev–Trinajstić information content (AvgIpc) is 2.29. The van der Waals surface area contributed by atoms with E-state index < -0.39 is 0 Å². The smallest absolute Gasteiger partial charge is 0.305 e. The fraction of sp³-hybridized carbons (Fsp3) is 0.846. The Bertz CT molecular complexity index is 278. The van der Waals surface area contributed by atoms with Crippen molar-refractivity contribution in [3.8, 4) is 0 Å². The largest absolute Gasteiger partial charge is 0.466 e. The van der Waals surface area contributed by atoms with Crippen LogP contribution in [0, 0.1) is 11.8 Å². The van der Waals surface area contributed by atoms with Crippen LogP contribution in [0.3, 0.4) is 0 Å². The van der Waals surface area contributed by atoms with E-state index in [4.69, 9.17) is 4.74 Å². The molecule has 1 aliphatic heterocycles. The minimum Gasteiger partial charge on any atom is -0.466 e. The minimum atomic E-state index is -0.160. The van der Waals surface area contributed by atoms with Crippen LogP contribution >= 0.6 is 0 Å². The molecule has 1 heterocycles. The lowest BCUT2D eigenvalue weighted by atomic mass is 9.90. The van der Waals surface area contributed by atoms with Crippen LogP contribution in [-0.2, 0) is 14.3 Å². The summed E-state index contributed by atoms with van der Waals surface area (Å²) in [5.41, 5.74) is 0. The van der Waals surface area contributed by atoms with Gasteiger partial charge in [0, 0.05) is 18.4 Å². The maximum absolute atomic E-state index is 11.9. The van der Waals surface area contributed by atoms with E-state index in [1.807, 2.05) is 13.8 Å². The van der Waals surface area contributed by atoms with E-state index in [9.17, 15) is 9.59 Å². The number of nitrogens with one attached hydrogen (secondary N) is 1. The fourth-order valence-electron chi connectivity index (χ4n) is 1.95. The molecular weight excluding hydrogens is 218 g/mol. The van der Waals surface area contributed by atoms with Crippen molar-refractivity contribution in [1.82, 2.24) is 5.32 Å². The van der Waals surface area contributed by atoms with E-state index in [0.29, 0.717) is 25.4 Å². The molecule has 0 aromatic carbocycles. The van der Waals surface area contributed by atoms with Gasteiger partial charge in [-0.05, 0) is 32.1 Å². The molecule has 1 aliphatic rings. The molecule has 1 amide bonds. The van der Waals surface area contributed by atoms with Crippen molar-refractivity contribution in [2.24, 2.45) is 11.8 Å². The van der Waals surface area contributed by atoms with Gasteiger partial charge in [-0.3, -0.25) is 9.59 Å². The van der Waals surface area contributed by atoms with Gasteiger partial charge in [0.1, 0.15) is 0 Å². The number of rotatable bonds is 0. The topological polar surface area (TPSA) is 55.4 Å². The summed E-state index contributed by atoms with van der Waals surface area (Å²) in [5, 5.41) is 2.95. The molecule has 0 radical (unpaired) electrons. The number of ether oxygens (including phenoxy) is 1. The lowest BCUT2D eigenvalue weighted by Crippen LogP contribution is -2.39. The van der Waals surface area contributed by atoms with E-state index in [-0.39, 0.29) is 23.8 Å². The SMILES string of the molecule is CC1CCC(=O)OCCCC(C)C(C)C(=O)N1. The summed E-state index contributed by atoms with van der Waals surface area (Å²) < 4.78 is 5.12. The molecule has 3 atom stereocenters. The van der Waals surface area contributed by atoms with Gasteiger partial charge in [-0.25, -0.2) is 0 Å². The monoisotopic (exact) mass is 241 g/mol. The molecule has 1 fully saturated rings. The molecule has 0 spiro atoms. The minimum absolute atomic E-state index is 0.0209. The molecule has 17 heavy (non-hydrogen) atoms. The number of cyclic esters (lactones) is 1. The normalized spacial score (nSPS) is 33.0. The quantitative estimate of drug-likeness (QED) is 0.659. The van der Waals surface area contributed by atoms with Crippen LogP contribution in [0.4, 0.5) is 0 Å². The van der Waals surface area contributed by atoms with E-state index in [1.54, 1.807) is 0 Å². The number of hydrogen-bond acceptors (Lipinski definition) is 3. The molecule has 4 heteroatoms. The van der Waals surface area contributed by atoms with Crippen LogP contribution in [0.2, 0.25) is 0 Å². The maximum Gasteiger partial charge on any atom is 0.305 e. The molecule has 0 bridgehead atoms. The Morgan fingerprint density at radius 1 is 1.18 bits per heavy atom. The third kappa shape index (κ3) is 4.75. The first-order valence-electron chi connectivity index (χ1n) is 6.46. The second-order valence-electron chi connectivity index (χ2n) is 5.08. The van der Waals surface area contributed by atoms with E-state index in [1.165, 1.54) is 0 Å². The highest BCUT2D eigenvalue weighted by Crippen LogP contribution is 2.18. The van der Waals surface area contributed by atoms with Crippen molar-refractivity contribution in [3.63, 3.8) is 0 Å². The highest BCUT2D eigenvalue weighted by atomic mass is 16.5. The zero-order valence-electron chi connectivity index (χ0n) is 11.0. The maximum atomic E-state index is 11.9. The summed E-state index contributed by atoms with van der Waals surface area (Å²) in [5.74, 6) is 0.277. The molecule has 0 saturated carbocycles. The van der Waals surface area contributed by atoms with Crippen molar-refractivity contribution in [2.75, 3.05) is 6.61 Å². The third-order valence-corrected chi connectivity index (χ3v) is 3.50. The summed E-state index contributed by atoms with van der Waals surface area (Å²) in [6, 6.07) is 0.0316. The summed E-state index contributed by atoms with van der Waals surface area (Å²) in [4.78, 5) is 23.2. The summed E-state index contributed by atoms with van der Waals surface area (Å²) in [6.07, 6.45) is 2.77. The van der Waals surface area contributed by atoms with Crippen molar-refractivity contribution in [2.45, 2.75) is 52.5 Å². The Hall–Kier alpha value is -1.06. The average molecular weight is 241 g/mol. The van der Waals surface area contributed by atoms with Gasteiger partial charge in [-0.15, -0.1) is 0 Å². The molecule has 98 valence electrons. The molecule has 1 saturated heterocycles. The van der Waals surface area contributed by atoms with Crippen LogP contribution in [0.5, 0.6) is 0 Å².